The molecule has 0 fully saturated rings. The number of hydrogen-bond acceptors (Lipinski definition) is 7. The summed E-state index contributed by atoms with van der Waals surface area (Å²) >= 11 is 0. The summed E-state index contributed by atoms with van der Waals surface area (Å²) in [6.07, 6.45) is 0. The Bertz CT molecular complexity index is 892. The van der Waals surface area contributed by atoms with Gasteiger partial charge in [-0.25, -0.2) is 9.59 Å². The van der Waals surface area contributed by atoms with E-state index in [9.17, 15) is 14.4 Å². The molecular formula is C20H21NO7. The van der Waals surface area contributed by atoms with Crippen molar-refractivity contribution in [2.45, 2.75) is 6.92 Å². The van der Waals surface area contributed by atoms with Gasteiger partial charge in [0.25, 0.3) is 5.91 Å². The second kappa shape index (κ2) is 9.40. The van der Waals surface area contributed by atoms with Crippen LogP contribution in [0.4, 0.5) is 5.69 Å². The van der Waals surface area contributed by atoms with E-state index in [2.05, 4.69) is 14.8 Å². The number of rotatable bonds is 7. The number of nitrogens with one attached hydrogen (secondary N) is 1. The van der Waals surface area contributed by atoms with Crippen LogP contribution in [0.15, 0.2) is 36.4 Å². The maximum absolute atomic E-state index is 12.2. The maximum atomic E-state index is 12.2. The molecule has 2 aromatic carbocycles. The molecule has 0 atom stereocenters. The van der Waals surface area contributed by atoms with Crippen LogP contribution in [0.3, 0.4) is 0 Å². The molecule has 0 aliphatic rings. The molecule has 0 spiro atoms. The molecule has 0 aromatic heterocycles. The molecule has 148 valence electrons. The summed E-state index contributed by atoms with van der Waals surface area (Å²) in [4.78, 5) is 35.5. The van der Waals surface area contributed by atoms with E-state index in [0.29, 0.717) is 28.3 Å². The van der Waals surface area contributed by atoms with Gasteiger partial charge >= 0.3 is 11.9 Å². The van der Waals surface area contributed by atoms with Crippen LogP contribution in [0.1, 0.15) is 26.3 Å². The van der Waals surface area contributed by atoms with E-state index >= 15 is 0 Å². The minimum atomic E-state index is -0.511. The van der Waals surface area contributed by atoms with Crippen molar-refractivity contribution in [3.63, 3.8) is 0 Å². The Morgan fingerprint density at radius 2 is 1.46 bits per heavy atom. The number of ether oxygens (including phenoxy) is 4. The normalized spacial score (nSPS) is 10.0. The van der Waals surface area contributed by atoms with Crippen molar-refractivity contribution in [1.82, 2.24) is 0 Å². The highest BCUT2D eigenvalue weighted by molar-refractivity contribution is 5.96. The zero-order chi connectivity index (χ0) is 20.7. The number of hydrogen-bond donors (Lipinski definition) is 1. The summed E-state index contributed by atoms with van der Waals surface area (Å²) in [5.74, 6) is -0.847. The van der Waals surface area contributed by atoms with E-state index in [1.165, 1.54) is 45.6 Å². The number of carbonyl (C=O) groups excluding carboxylic acids is 3. The highest BCUT2D eigenvalue weighted by Gasteiger charge is 2.14. The monoisotopic (exact) mass is 387 g/mol. The predicted molar refractivity (Wildman–Crippen MR) is 101 cm³/mol. The molecule has 2 rings (SSSR count). The number of anilines is 1. The van der Waals surface area contributed by atoms with Crippen LogP contribution >= 0.6 is 0 Å². The first-order valence-corrected chi connectivity index (χ1v) is 8.27. The number of benzene rings is 2. The van der Waals surface area contributed by atoms with Crippen LogP contribution in [-0.2, 0) is 14.3 Å². The molecule has 1 N–H and O–H groups in total. The molecule has 0 radical (unpaired) electrons. The van der Waals surface area contributed by atoms with Crippen molar-refractivity contribution in [1.29, 1.82) is 0 Å². The van der Waals surface area contributed by atoms with Crippen LogP contribution in [0, 0.1) is 6.92 Å². The van der Waals surface area contributed by atoms with E-state index in [-0.39, 0.29) is 6.61 Å². The standard InChI is InChI=1S/C20H21NO7/c1-12-5-6-13(19(23)26-3)9-15(12)21-18(22)11-28-16-8-7-14(20(24)27-4)10-17(16)25-2/h5-10H,11H2,1-4H3,(H,21,22). The first kappa shape index (κ1) is 20.8. The Labute approximate surface area is 162 Å². The number of methoxy groups -OCH3 is 3. The quantitative estimate of drug-likeness (QED) is 0.729. The van der Waals surface area contributed by atoms with Crippen LogP contribution in [0.2, 0.25) is 0 Å². The van der Waals surface area contributed by atoms with Gasteiger partial charge in [0.1, 0.15) is 0 Å². The van der Waals surface area contributed by atoms with Crippen molar-refractivity contribution < 1.29 is 33.3 Å². The fourth-order valence-corrected chi connectivity index (χ4v) is 2.36. The molecule has 0 bridgehead atoms. The Kier molecular flexibility index (Phi) is 6.97. The van der Waals surface area contributed by atoms with Gasteiger partial charge in [0, 0.05) is 5.69 Å². The third kappa shape index (κ3) is 5.00. The molecule has 0 aliphatic heterocycles. The second-order valence-corrected chi connectivity index (χ2v) is 5.72. The summed E-state index contributed by atoms with van der Waals surface area (Å²) in [5, 5.41) is 2.69. The molecule has 0 saturated heterocycles. The van der Waals surface area contributed by atoms with Gasteiger partial charge in [0.15, 0.2) is 18.1 Å². The summed E-state index contributed by atoms with van der Waals surface area (Å²) < 4.78 is 20.0. The third-order valence-corrected chi connectivity index (χ3v) is 3.88. The van der Waals surface area contributed by atoms with Gasteiger partial charge in [-0.05, 0) is 42.8 Å². The minimum Gasteiger partial charge on any atom is -0.493 e. The van der Waals surface area contributed by atoms with Crippen LogP contribution in [0.25, 0.3) is 0 Å². The fourth-order valence-electron chi connectivity index (χ4n) is 2.36. The minimum absolute atomic E-state index is 0.291. The van der Waals surface area contributed by atoms with E-state index in [1.807, 2.05) is 0 Å². The Morgan fingerprint density at radius 1 is 0.857 bits per heavy atom. The number of esters is 2. The molecule has 8 heteroatoms. The maximum Gasteiger partial charge on any atom is 0.337 e. The zero-order valence-electron chi connectivity index (χ0n) is 16.0. The molecule has 28 heavy (non-hydrogen) atoms. The van der Waals surface area contributed by atoms with Crippen molar-refractivity contribution >= 4 is 23.5 Å². The molecule has 0 heterocycles. The molecular weight excluding hydrogens is 366 g/mol. The molecule has 0 saturated carbocycles. The Morgan fingerprint density at radius 3 is 2.07 bits per heavy atom. The predicted octanol–water partition coefficient (Wildman–Crippen LogP) is 2.59. The summed E-state index contributed by atoms with van der Waals surface area (Å²) in [6, 6.07) is 9.33. The van der Waals surface area contributed by atoms with Gasteiger partial charge in [-0.15, -0.1) is 0 Å². The molecule has 2 aromatic rings. The molecule has 0 aliphatic carbocycles. The van der Waals surface area contributed by atoms with Crippen LogP contribution < -0.4 is 14.8 Å². The topological polar surface area (TPSA) is 100 Å². The lowest BCUT2D eigenvalue weighted by molar-refractivity contribution is -0.118. The van der Waals surface area contributed by atoms with E-state index in [1.54, 1.807) is 19.1 Å². The smallest absolute Gasteiger partial charge is 0.337 e. The van der Waals surface area contributed by atoms with Gasteiger partial charge in [0.2, 0.25) is 0 Å². The van der Waals surface area contributed by atoms with Crippen molar-refractivity contribution in [2.75, 3.05) is 33.3 Å². The van der Waals surface area contributed by atoms with Gasteiger partial charge in [-0.2, -0.15) is 0 Å². The average molecular weight is 387 g/mol. The van der Waals surface area contributed by atoms with Crippen LogP contribution in [-0.4, -0.2) is 45.8 Å². The number of aryl methyl sites for hydroxylation is 1. The molecule has 8 nitrogen and oxygen atoms in total. The second-order valence-electron chi connectivity index (χ2n) is 5.72. The lowest BCUT2D eigenvalue weighted by atomic mass is 10.1. The summed E-state index contributed by atoms with van der Waals surface area (Å²) in [6.45, 7) is 1.50. The van der Waals surface area contributed by atoms with Crippen molar-refractivity contribution in [3.8, 4) is 11.5 Å². The van der Waals surface area contributed by atoms with Gasteiger partial charge in [-0.1, -0.05) is 6.07 Å². The van der Waals surface area contributed by atoms with Gasteiger partial charge in [0.05, 0.1) is 32.5 Å². The SMILES string of the molecule is COC(=O)c1ccc(C)c(NC(=O)COc2ccc(C(=O)OC)cc2OC)c1. The van der Waals surface area contributed by atoms with Crippen LogP contribution in [0.5, 0.6) is 11.5 Å². The Balaban J connectivity index is 2.07. The number of amides is 1. The average Bonchev–Trinajstić information content (AvgIpc) is 2.72. The van der Waals surface area contributed by atoms with E-state index < -0.39 is 17.8 Å². The van der Waals surface area contributed by atoms with E-state index in [0.717, 1.165) is 5.56 Å². The first-order valence-electron chi connectivity index (χ1n) is 8.27. The largest absolute Gasteiger partial charge is 0.493 e. The van der Waals surface area contributed by atoms with E-state index in [4.69, 9.17) is 9.47 Å². The number of carbonyl (C=O) groups is 3. The summed E-state index contributed by atoms with van der Waals surface area (Å²) in [7, 11) is 3.99. The lowest BCUT2D eigenvalue weighted by Crippen LogP contribution is -2.21. The fraction of sp³-hybridized carbons (Fsp3) is 0.250. The van der Waals surface area contributed by atoms with Gasteiger partial charge in [-0.3, -0.25) is 4.79 Å². The van der Waals surface area contributed by atoms with Crippen molar-refractivity contribution in [3.05, 3.63) is 53.1 Å². The Hall–Kier alpha value is -3.55. The highest BCUT2D eigenvalue weighted by atomic mass is 16.5. The van der Waals surface area contributed by atoms with Crippen molar-refractivity contribution in [2.24, 2.45) is 0 Å². The third-order valence-electron chi connectivity index (χ3n) is 3.88. The summed E-state index contributed by atoms with van der Waals surface area (Å²) in [5.41, 5.74) is 1.88. The van der Waals surface area contributed by atoms with Gasteiger partial charge < -0.3 is 24.3 Å². The highest BCUT2D eigenvalue weighted by Crippen LogP contribution is 2.28. The molecule has 1 amide bonds. The first-order chi connectivity index (χ1) is 13.4. The molecule has 0 unspecified atom stereocenters. The lowest BCUT2D eigenvalue weighted by Gasteiger charge is -2.13. The zero-order valence-corrected chi connectivity index (χ0v) is 16.0.